The van der Waals surface area contributed by atoms with E-state index in [0.29, 0.717) is 26.1 Å². The van der Waals surface area contributed by atoms with Gasteiger partial charge in [-0.3, -0.25) is 4.79 Å². The molecular formula is C16H17NO2. The van der Waals surface area contributed by atoms with Crippen LogP contribution in [0.1, 0.15) is 18.4 Å². The Morgan fingerprint density at radius 2 is 2.16 bits per heavy atom. The summed E-state index contributed by atoms with van der Waals surface area (Å²) in [5, 5.41) is 9.58. The predicted molar refractivity (Wildman–Crippen MR) is 70.2 cm³/mol. The second-order valence-electron chi connectivity index (χ2n) is 5.65. The Balaban J connectivity index is 1.88. The summed E-state index contributed by atoms with van der Waals surface area (Å²) >= 11 is 0. The molecule has 1 aliphatic heterocycles. The van der Waals surface area contributed by atoms with E-state index in [1.54, 1.807) is 0 Å². The maximum atomic E-state index is 12.6. The SMILES string of the molecule is N#C[C@]1(Cc2ccccc2)CC2COCCC2C1=O. The Morgan fingerprint density at radius 1 is 1.37 bits per heavy atom. The second-order valence-corrected chi connectivity index (χ2v) is 5.65. The first-order valence-corrected chi connectivity index (χ1v) is 6.82. The Morgan fingerprint density at radius 3 is 2.84 bits per heavy atom. The van der Waals surface area contributed by atoms with Gasteiger partial charge < -0.3 is 4.74 Å². The van der Waals surface area contributed by atoms with Gasteiger partial charge in [-0.05, 0) is 30.7 Å². The van der Waals surface area contributed by atoms with Crippen LogP contribution in [0.25, 0.3) is 0 Å². The lowest BCUT2D eigenvalue weighted by Gasteiger charge is -2.23. The third kappa shape index (κ3) is 2.06. The van der Waals surface area contributed by atoms with Crippen molar-refractivity contribution in [3.8, 4) is 6.07 Å². The Hall–Kier alpha value is -1.66. The average molecular weight is 255 g/mol. The molecule has 98 valence electrons. The van der Waals surface area contributed by atoms with Crippen LogP contribution in [0.15, 0.2) is 30.3 Å². The summed E-state index contributed by atoms with van der Waals surface area (Å²) in [6.07, 6.45) is 1.97. The summed E-state index contributed by atoms with van der Waals surface area (Å²) in [7, 11) is 0. The van der Waals surface area contributed by atoms with E-state index in [9.17, 15) is 10.1 Å². The maximum absolute atomic E-state index is 12.6. The van der Waals surface area contributed by atoms with Crippen LogP contribution >= 0.6 is 0 Å². The van der Waals surface area contributed by atoms with Gasteiger partial charge in [-0.15, -0.1) is 0 Å². The second kappa shape index (κ2) is 4.79. The lowest BCUT2D eigenvalue weighted by atomic mass is 9.79. The molecule has 1 saturated heterocycles. The highest BCUT2D eigenvalue weighted by molar-refractivity contribution is 5.92. The minimum atomic E-state index is -0.829. The summed E-state index contributed by atoms with van der Waals surface area (Å²) in [6.45, 7) is 1.29. The van der Waals surface area contributed by atoms with Crippen LogP contribution in [0.5, 0.6) is 0 Å². The van der Waals surface area contributed by atoms with E-state index in [1.807, 2.05) is 30.3 Å². The van der Waals surface area contributed by atoms with E-state index in [4.69, 9.17) is 4.74 Å². The van der Waals surface area contributed by atoms with Crippen LogP contribution in [-0.4, -0.2) is 19.0 Å². The highest BCUT2D eigenvalue weighted by Crippen LogP contribution is 2.47. The molecule has 2 aliphatic rings. The van der Waals surface area contributed by atoms with E-state index in [0.717, 1.165) is 12.0 Å². The molecule has 3 nitrogen and oxygen atoms in total. The van der Waals surface area contributed by atoms with Gasteiger partial charge in [-0.2, -0.15) is 5.26 Å². The molecule has 0 radical (unpaired) electrons. The number of ether oxygens (including phenoxy) is 1. The summed E-state index contributed by atoms with van der Waals surface area (Å²) in [4.78, 5) is 12.6. The van der Waals surface area contributed by atoms with Gasteiger partial charge in [0.1, 0.15) is 5.41 Å². The standard InChI is InChI=1S/C16H17NO2/c17-11-16(8-12-4-2-1-3-5-12)9-13-10-19-7-6-14(13)15(16)18/h1-5,13-14H,6-10H2/t13?,14?,16-/m0/s1. The van der Waals surface area contributed by atoms with Crippen molar-refractivity contribution in [2.24, 2.45) is 17.3 Å². The summed E-state index contributed by atoms with van der Waals surface area (Å²) in [5.74, 6) is 0.425. The number of hydrogen-bond acceptors (Lipinski definition) is 3. The van der Waals surface area contributed by atoms with Crippen molar-refractivity contribution < 1.29 is 9.53 Å². The lowest BCUT2D eigenvalue weighted by molar-refractivity contribution is -0.128. The fourth-order valence-corrected chi connectivity index (χ4v) is 3.49. The number of Topliss-reactive ketones (excluding diaryl/α,β-unsaturated/α-hetero) is 1. The molecule has 19 heavy (non-hydrogen) atoms. The summed E-state index contributed by atoms with van der Waals surface area (Å²) < 4.78 is 5.46. The van der Waals surface area contributed by atoms with Crippen molar-refractivity contribution in [3.63, 3.8) is 0 Å². The molecule has 2 unspecified atom stereocenters. The number of nitriles is 1. The zero-order valence-electron chi connectivity index (χ0n) is 10.8. The highest BCUT2D eigenvalue weighted by atomic mass is 16.5. The molecule has 0 spiro atoms. The molecule has 0 aromatic heterocycles. The van der Waals surface area contributed by atoms with Gasteiger partial charge in [0.2, 0.25) is 0 Å². The highest BCUT2D eigenvalue weighted by Gasteiger charge is 2.53. The molecule has 0 bridgehead atoms. The van der Waals surface area contributed by atoms with Gasteiger partial charge in [0.25, 0.3) is 0 Å². The summed E-state index contributed by atoms with van der Waals surface area (Å²) in [5.41, 5.74) is 0.238. The zero-order valence-corrected chi connectivity index (χ0v) is 10.8. The lowest BCUT2D eigenvalue weighted by Crippen LogP contribution is -2.31. The molecule has 0 N–H and O–H groups in total. The normalized spacial score (nSPS) is 33.7. The smallest absolute Gasteiger partial charge is 0.156 e. The van der Waals surface area contributed by atoms with Gasteiger partial charge in [0, 0.05) is 12.5 Å². The number of benzene rings is 1. The average Bonchev–Trinajstić information content (AvgIpc) is 2.74. The summed E-state index contributed by atoms with van der Waals surface area (Å²) in [6, 6.07) is 12.2. The van der Waals surface area contributed by atoms with Crippen LogP contribution in [-0.2, 0) is 16.0 Å². The molecule has 2 fully saturated rings. The van der Waals surface area contributed by atoms with E-state index >= 15 is 0 Å². The van der Waals surface area contributed by atoms with Crippen LogP contribution in [0, 0.1) is 28.6 Å². The molecule has 1 saturated carbocycles. The molecular weight excluding hydrogens is 238 g/mol. The molecule has 0 amide bonds. The topological polar surface area (TPSA) is 50.1 Å². The maximum Gasteiger partial charge on any atom is 0.156 e. The molecule has 3 atom stereocenters. The van der Waals surface area contributed by atoms with Gasteiger partial charge in [-0.25, -0.2) is 0 Å². The third-order valence-electron chi connectivity index (χ3n) is 4.46. The number of fused-ring (bicyclic) bond motifs is 1. The van der Waals surface area contributed by atoms with Crippen molar-refractivity contribution in [3.05, 3.63) is 35.9 Å². The molecule has 1 aliphatic carbocycles. The van der Waals surface area contributed by atoms with Crippen LogP contribution in [0.2, 0.25) is 0 Å². The van der Waals surface area contributed by atoms with Crippen molar-refractivity contribution in [2.75, 3.05) is 13.2 Å². The number of carbonyl (C=O) groups excluding carboxylic acids is 1. The largest absolute Gasteiger partial charge is 0.381 e. The quantitative estimate of drug-likeness (QED) is 0.815. The molecule has 1 aromatic rings. The first-order chi connectivity index (χ1) is 9.25. The predicted octanol–water partition coefficient (Wildman–Crippen LogP) is 2.36. The van der Waals surface area contributed by atoms with Gasteiger partial charge in [0.05, 0.1) is 12.7 Å². The monoisotopic (exact) mass is 255 g/mol. The van der Waals surface area contributed by atoms with Crippen LogP contribution in [0.4, 0.5) is 0 Å². The number of nitrogens with zero attached hydrogens (tertiary/aromatic N) is 1. The third-order valence-corrected chi connectivity index (χ3v) is 4.46. The first-order valence-electron chi connectivity index (χ1n) is 6.82. The first kappa shape index (κ1) is 12.4. The van der Waals surface area contributed by atoms with Crippen LogP contribution in [0.3, 0.4) is 0 Å². The minimum Gasteiger partial charge on any atom is -0.381 e. The van der Waals surface area contributed by atoms with E-state index in [2.05, 4.69) is 6.07 Å². The van der Waals surface area contributed by atoms with E-state index < -0.39 is 5.41 Å². The van der Waals surface area contributed by atoms with Crippen molar-refractivity contribution >= 4 is 5.78 Å². The molecule has 1 aromatic carbocycles. The molecule has 1 heterocycles. The number of ketones is 1. The van der Waals surface area contributed by atoms with E-state index in [1.165, 1.54) is 0 Å². The number of carbonyl (C=O) groups is 1. The number of rotatable bonds is 2. The van der Waals surface area contributed by atoms with Crippen molar-refractivity contribution in [2.45, 2.75) is 19.3 Å². The van der Waals surface area contributed by atoms with Gasteiger partial charge in [-0.1, -0.05) is 30.3 Å². The van der Waals surface area contributed by atoms with Gasteiger partial charge >= 0.3 is 0 Å². The molecule has 3 heteroatoms. The fourth-order valence-electron chi connectivity index (χ4n) is 3.49. The van der Waals surface area contributed by atoms with Crippen LogP contribution < -0.4 is 0 Å². The van der Waals surface area contributed by atoms with Gasteiger partial charge in [0.15, 0.2) is 5.78 Å². The Bertz CT molecular complexity index is 519. The molecule has 3 rings (SSSR count). The zero-order chi connectivity index (χ0) is 13.3. The number of hydrogen-bond donors (Lipinski definition) is 0. The fraction of sp³-hybridized carbons (Fsp3) is 0.500. The Labute approximate surface area is 113 Å². The van der Waals surface area contributed by atoms with E-state index in [-0.39, 0.29) is 17.6 Å². The minimum absolute atomic E-state index is 0.0390. The van der Waals surface area contributed by atoms with Crippen molar-refractivity contribution in [1.29, 1.82) is 5.26 Å². The van der Waals surface area contributed by atoms with Crippen molar-refractivity contribution in [1.82, 2.24) is 0 Å². The Kier molecular flexibility index (Phi) is 3.12.